The second-order valence-corrected chi connectivity index (χ2v) is 2.74. The molecule has 1 rings (SSSR count). The summed E-state index contributed by atoms with van der Waals surface area (Å²) in [6.45, 7) is 4.52. The van der Waals surface area contributed by atoms with Crippen molar-refractivity contribution in [3.8, 4) is 0 Å². The molecule has 0 aromatic carbocycles. The summed E-state index contributed by atoms with van der Waals surface area (Å²) >= 11 is 0. The molecule has 7 heteroatoms. The molecule has 0 fully saturated rings. The highest BCUT2D eigenvalue weighted by molar-refractivity contribution is 6.01. The minimum Gasteiger partial charge on any atom is -0.476 e. The maximum atomic E-state index is 11.7. The van der Waals surface area contributed by atoms with Crippen molar-refractivity contribution in [1.82, 2.24) is 15.2 Å². The summed E-state index contributed by atoms with van der Waals surface area (Å²) in [4.78, 5) is 23.8. The monoisotopic (exact) mass is 213 g/mol. The lowest BCUT2D eigenvalue weighted by Gasteiger charge is -2.16. The molecule has 1 heterocycles. The lowest BCUT2D eigenvalue weighted by Crippen LogP contribution is -2.31. The van der Waals surface area contributed by atoms with Gasteiger partial charge in [-0.05, 0) is 24.2 Å². The Morgan fingerprint density at radius 2 is 1.80 bits per heavy atom. The van der Waals surface area contributed by atoms with Gasteiger partial charge in [-0.3, -0.25) is 4.79 Å². The van der Waals surface area contributed by atoms with Crippen molar-refractivity contribution >= 4 is 11.9 Å². The predicted molar refractivity (Wildman–Crippen MR) is 48.5 cm³/mol. The van der Waals surface area contributed by atoms with Gasteiger partial charge in [0.25, 0.3) is 5.91 Å². The van der Waals surface area contributed by atoms with Crippen molar-refractivity contribution in [2.45, 2.75) is 13.8 Å². The third-order valence-corrected chi connectivity index (χ3v) is 1.94. The van der Waals surface area contributed by atoms with Gasteiger partial charge >= 0.3 is 5.97 Å². The Kier molecular flexibility index (Phi) is 3.37. The normalized spacial score (nSPS) is 10.0. The second-order valence-electron chi connectivity index (χ2n) is 2.74. The molecule has 0 unspecified atom stereocenters. The molecule has 0 spiro atoms. The Morgan fingerprint density at radius 3 is 2.27 bits per heavy atom. The Morgan fingerprint density at radius 1 is 1.27 bits per heavy atom. The number of carbonyl (C=O) groups excluding carboxylic acids is 1. The average molecular weight is 213 g/mol. The van der Waals surface area contributed by atoms with Crippen LogP contribution in [-0.4, -0.2) is 45.3 Å². The molecule has 1 amide bonds. The van der Waals surface area contributed by atoms with Crippen LogP contribution in [0.4, 0.5) is 0 Å². The van der Waals surface area contributed by atoms with Gasteiger partial charge in [0.05, 0.1) is 0 Å². The van der Waals surface area contributed by atoms with Crippen LogP contribution < -0.4 is 0 Å². The molecule has 0 aliphatic rings. The van der Waals surface area contributed by atoms with Crippen LogP contribution in [0.25, 0.3) is 0 Å². The Bertz CT molecular complexity index is 370. The van der Waals surface area contributed by atoms with E-state index in [-0.39, 0.29) is 5.69 Å². The van der Waals surface area contributed by atoms with Gasteiger partial charge in [0.1, 0.15) is 0 Å². The maximum Gasteiger partial charge on any atom is 0.360 e. The minimum absolute atomic E-state index is 0.258. The molecule has 0 bridgehead atoms. The van der Waals surface area contributed by atoms with Crippen molar-refractivity contribution < 1.29 is 19.3 Å². The fourth-order valence-corrected chi connectivity index (χ4v) is 1.13. The number of nitrogens with zero attached hydrogens (tertiary/aromatic N) is 3. The van der Waals surface area contributed by atoms with Gasteiger partial charge in [-0.15, -0.1) is 0 Å². The molecular formula is C8H11N3O4. The second kappa shape index (κ2) is 4.54. The third-order valence-electron chi connectivity index (χ3n) is 1.94. The minimum atomic E-state index is -1.33. The van der Waals surface area contributed by atoms with E-state index in [9.17, 15) is 9.59 Å². The number of aromatic nitrogens is 2. The topological polar surface area (TPSA) is 96.5 Å². The first-order valence-corrected chi connectivity index (χ1v) is 4.46. The van der Waals surface area contributed by atoms with E-state index in [4.69, 9.17) is 5.11 Å². The Balaban J connectivity index is 3.00. The first-order chi connectivity index (χ1) is 7.11. The maximum absolute atomic E-state index is 11.7. The highest BCUT2D eigenvalue weighted by atomic mass is 16.6. The molecule has 1 aromatic rings. The first-order valence-electron chi connectivity index (χ1n) is 4.46. The van der Waals surface area contributed by atoms with Crippen molar-refractivity contribution in [3.63, 3.8) is 0 Å². The largest absolute Gasteiger partial charge is 0.476 e. The van der Waals surface area contributed by atoms with E-state index in [0.717, 1.165) is 0 Å². The summed E-state index contributed by atoms with van der Waals surface area (Å²) in [5, 5.41) is 15.1. The van der Waals surface area contributed by atoms with Crippen LogP contribution in [-0.2, 0) is 0 Å². The zero-order valence-corrected chi connectivity index (χ0v) is 8.43. The molecule has 0 aliphatic carbocycles. The van der Waals surface area contributed by atoms with Crippen molar-refractivity contribution in [2.75, 3.05) is 13.1 Å². The number of amides is 1. The lowest BCUT2D eigenvalue weighted by atomic mass is 10.3. The van der Waals surface area contributed by atoms with E-state index in [1.165, 1.54) is 4.90 Å². The van der Waals surface area contributed by atoms with Crippen LogP contribution >= 0.6 is 0 Å². The summed E-state index contributed by atoms with van der Waals surface area (Å²) < 4.78 is 4.24. The Labute approximate surface area is 85.6 Å². The van der Waals surface area contributed by atoms with E-state index in [1.807, 2.05) is 0 Å². The summed E-state index contributed by atoms with van der Waals surface area (Å²) in [7, 11) is 0. The van der Waals surface area contributed by atoms with Crippen LogP contribution in [0.2, 0.25) is 0 Å². The molecule has 0 aliphatic heterocycles. The van der Waals surface area contributed by atoms with Crippen LogP contribution in [0.15, 0.2) is 4.63 Å². The molecule has 0 saturated carbocycles. The number of rotatable bonds is 4. The van der Waals surface area contributed by atoms with Gasteiger partial charge in [0.2, 0.25) is 11.4 Å². The molecule has 0 atom stereocenters. The van der Waals surface area contributed by atoms with Crippen LogP contribution in [0.1, 0.15) is 34.8 Å². The number of carboxylic acid groups (broad SMARTS) is 1. The zero-order chi connectivity index (χ0) is 11.4. The SMILES string of the molecule is CCN(CC)C(=O)c1nonc1C(=O)O. The van der Waals surface area contributed by atoms with Gasteiger partial charge < -0.3 is 10.0 Å². The predicted octanol–water partition coefficient (Wildman–Crippen LogP) is 0.250. The van der Waals surface area contributed by atoms with Crippen LogP contribution in [0.5, 0.6) is 0 Å². The highest BCUT2D eigenvalue weighted by Crippen LogP contribution is 2.06. The van der Waals surface area contributed by atoms with Gasteiger partial charge in [-0.2, -0.15) is 0 Å². The number of hydrogen-bond acceptors (Lipinski definition) is 5. The molecule has 15 heavy (non-hydrogen) atoms. The van der Waals surface area contributed by atoms with Crippen LogP contribution in [0.3, 0.4) is 0 Å². The molecule has 1 aromatic heterocycles. The zero-order valence-electron chi connectivity index (χ0n) is 8.43. The lowest BCUT2D eigenvalue weighted by molar-refractivity contribution is 0.0670. The van der Waals surface area contributed by atoms with E-state index in [1.54, 1.807) is 13.8 Å². The summed E-state index contributed by atoms with van der Waals surface area (Å²) in [5.41, 5.74) is -0.710. The third kappa shape index (κ3) is 2.12. The van der Waals surface area contributed by atoms with Crippen molar-refractivity contribution in [1.29, 1.82) is 0 Å². The molecule has 82 valence electrons. The van der Waals surface area contributed by atoms with E-state index in [2.05, 4.69) is 14.9 Å². The van der Waals surface area contributed by atoms with Crippen LogP contribution in [0, 0.1) is 0 Å². The molecular weight excluding hydrogens is 202 g/mol. The van der Waals surface area contributed by atoms with Gasteiger partial charge in [-0.1, -0.05) is 0 Å². The van der Waals surface area contributed by atoms with Crippen molar-refractivity contribution in [3.05, 3.63) is 11.4 Å². The van der Waals surface area contributed by atoms with Gasteiger partial charge in [0, 0.05) is 13.1 Å². The average Bonchev–Trinajstić information content (AvgIpc) is 2.67. The summed E-state index contributed by atoms with van der Waals surface area (Å²) in [6, 6.07) is 0. The van der Waals surface area contributed by atoms with Crippen molar-refractivity contribution in [2.24, 2.45) is 0 Å². The Hall–Kier alpha value is -1.92. The van der Waals surface area contributed by atoms with E-state index in [0.29, 0.717) is 13.1 Å². The quantitative estimate of drug-likeness (QED) is 0.770. The highest BCUT2D eigenvalue weighted by Gasteiger charge is 2.26. The molecule has 7 nitrogen and oxygen atoms in total. The molecule has 0 radical (unpaired) electrons. The summed E-state index contributed by atoms with van der Waals surface area (Å²) in [5.74, 6) is -1.81. The van der Waals surface area contributed by atoms with Gasteiger partial charge in [-0.25, -0.2) is 9.42 Å². The fraction of sp³-hybridized carbons (Fsp3) is 0.500. The van der Waals surface area contributed by atoms with Gasteiger partial charge in [0.15, 0.2) is 0 Å². The standard InChI is InChI=1S/C8H11N3O4/c1-3-11(4-2)7(12)5-6(8(13)14)10-15-9-5/h3-4H2,1-2H3,(H,13,14). The fourth-order valence-electron chi connectivity index (χ4n) is 1.13. The first kappa shape index (κ1) is 11.2. The number of hydrogen-bond donors (Lipinski definition) is 1. The number of carboxylic acids is 1. The summed E-state index contributed by atoms with van der Waals surface area (Å²) in [6.07, 6.45) is 0. The smallest absolute Gasteiger partial charge is 0.360 e. The number of carbonyl (C=O) groups is 2. The van der Waals surface area contributed by atoms with E-state index >= 15 is 0 Å². The molecule has 0 saturated heterocycles. The van der Waals surface area contributed by atoms with E-state index < -0.39 is 17.6 Å². The molecule has 1 N–H and O–H groups in total. The number of aromatic carboxylic acids is 1.